The van der Waals surface area contributed by atoms with Gasteiger partial charge in [0, 0.05) is 11.8 Å². The van der Waals surface area contributed by atoms with E-state index in [0.717, 1.165) is 0 Å². The minimum atomic E-state index is -0.638. The predicted octanol–water partition coefficient (Wildman–Crippen LogP) is 2.43. The topological polar surface area (TPSA) is 62.1 Å². The lowest BCUT2D eigenvalue weighted by Crippen LogP contribution is -2.25. The highest BCUT2D eigenvalue weighted by molar-refractivity contribution is 5.94. The van der Waals surface area contributed by atoms with E-state index in [-0.39, 0.29) is 11.8 Å². The molecular formula is C13H16N2O2. The number of ether oxygens (including phenoxy) is 1. The van der Waals surface area contributed by atoms with Gasteiger partial charge in [-0.1, -0.05) is 19.9 Å². The minimum absolute atomic E-state index is 0.00870. The van der Waals surface area contributed by atoms with Crippen molar-refractivity contribution in [1.29, 1.82) is 5.26 Å². The molecule has 1 unspecified atom stereocenters. The van der Waals surface area contributed by atoms with Gasteiger partial charge in [-0.05, 0) is 18.1 Å². The van der Waals surface area contributed by atoms with Crippen molar-refractivity contribution in [3.05, 3.63) is 24.3 Å². The van der Waals surface area contributed by atoms with Crippen molar-refractivity contribution in [2.24, 2.45) is 11.8 Å². The second-order valence-electron chi connectivity index (χ2n) is 4.07. The molecule has 0 heterocycles. The molecule has 1 aromatic rings. The Morgan fingerprint density at radius 1 is 1.47 bits per heavy atom. The number of nitrogens with zero attached hydrogens (tertiary/aromatic N) is 1. The highest BCUT2D eigenvalue weighted by Gasteiger charge is 2.21. The average molecular weight is 232 g/mol. The van der Waals surface area contributed by atoms with Gasteiger partial charge >= 0.3 is 0 Å². The summed E-state index contributed by atoms with van der Waals surface area (Å²) >= 11 is 0. The quantitative estimate of drug-likeness (QED) is 0.867. The Morgan fingerprint density at radius 3 is 2.71 bits per heavy atom. The lowest BCUT2D eigenvalue weighted by Gasteiger charge is -2.13. The van der Waals surface area contributed by atoms with Gasteiger partial charge in [0.15, 0.2) is 0 Å². The molecule has 0 aliphatic carbocycles. The first-order chi connectivity index (χ1) is 8.08. The summed E-state index contributed by atoms with van der Waals surface area (Å²) in [5.74, 6) is -0.261. The summed E-state index contributed by atoms with van der Waals surface area (Å²) < 4.78 is 5.05. The molecule has 90 valence electrons. The van der Waals surface area contributed by atoms with Crippen LogP contribution in [0.5, 0.6) is 5.75 Å². The van der Waals surface area contributed by atoms with Crippen LogP contribution in [0.3, 0.4) is 0 Å². The smallest absolute Gasteiger partial charge is 0.241 e. The maximum absolute atomic E-state index is 11.8. The number of nitrogens with one attached hydrogen (secondary N) is 1. The van der Waals surface area contributed by atoms with E-state index in [1.165, 1.54) is 0 Å². The Labute approximate surface area is 101 Å². The molecule has 1 amide bonds. The maximum Gasteiger partial charge on any atom is 0.241 e. The number of methoxy groups -OCH3 is 1. The lowest BCUT2D eigenvalue weighted by molar-refractivity contribution is -0.119. The van der Waals surface area contributed by atoms with E-state index in [2.05, 4.69) is 5.32 Å². The van der Waals surface area contributed by atoms with Crippen molar-refractivity contribution >= 4 is 11.6 Å². The number of carbonyl (C=O) groups is 1. The van der Waals surface area contributed by atoms with Crippen LogP contribution in [0.4, 0.5) is 5.69 Å². The molecule has 0 fully saturated rings. The molecule has 1 N–H and O–H groups in total. The van der Waals surface area contributed by atoms with Gasteiger partial charge < -0.3 is 10.1 Å². The number of amides is 1. The summed E-state index contributed by atoms with van der Waals surface area (Å²) in [4.78, 5) is 11.8. The molecule has 0 aromatic heterocycles. The number of hydrogen-bond acceptors (Lipinski definition) is 3. The molecule has 0 radical (unpaired) electrons. The second kappa shape index (κ2) is 5.90. The summed E-state index contributed by atoms with van der Waals surface area (Å²) in [7, 11) is 1.56. The van der Waals surface area contributed by atoms with Crippen LogP contribution < -0.4 is 10.1 Å². The van der Waals surface area contributed by atoms with Crippen LogP contribution in [-0.4, -0.2) is 13.0 Å². The van der Waals surface area contributed by atoms with E-state index in [4.69, 9.17) is 10.00 Å². The molecule has 17 heavy (non-hydrogen) atoms. The number of benzene rings is 1. The van der Waals surface area contributed by atoms with Gasteiger partial charge in [-0.25, -0.2) is 0 Å². The summed E-state index contributed by atoms with van der Waals surface area (Å²) in [6.45, 7) is 3.69. The third-order valence-electron chi connectivity index (χ3n) is 2.43. The van der Waals surface area contributed by atoms with Crippen LogP contribution >= 0.6 is 0 Å². The number of nitriles is 1. The van der Waals surface area contributed by atoms with Crippen LogP contribution in [0.15, 0.2) is 24.3 Å². The van der Waals surface area contributed by atoms with E-state index in [0.29, 0.717) is 11.4 Å². The van der Waals surface area contributed by atoms with E-state index in [1.807, 2.05) is 19.9 Å². The lowest BCUT2D eigenvalue weighted by atomic mass is 9.96. The summed E-state index contributed by atoms with van der Waals surface area (Å²) in [5, 5.41) is 11.6. The van der Waals surface area contributed by atoms with Crippen LogP contribution in [0.25, 0.3) is 0 Å². The van der Waals surface area contributed by atoms with Crippen molar-refractivity contribution in [3.63, 3.8) is 0 Å². The first kappa shape index (κ1) is 13.0. The van der Waals surface area contributed by atoms with Crippen molar-refractivity contribution in [2.45, 2.75) is 13.8 Å². The highest BCUT2D eigenvalue weighted by Crippen LogP contribution is 2.18. The SMILES string of the molecule is COc1cccc(NC(=O)C(C#N)C(C)C)c1. The standard InChI is InChI=1S/C13H16N2O2/c1-9(2)12(8-14)13(16)15-10-5-4-6-11(7-10)17-3/h4-7,9,12H,1-3H3,(H,15,16). The third-order valence-corrected chi connectivity index (χ3v) is 2.43. The Hall–Kier alpha value is -2.02. The van der Waals surface area contributed by atoms with E-state index in [9.17, 15) is 4.79 Å². The molecule has 1 rings (SSSR count). The normalized spacial score (nSPS) is 11.7. The number of hydrogen-bond donors (Lipinski definition) is 1. The van der Waals surface area contributed by atoms with Crippen LogP contribution in [-0.2, 0) is 4.79 Å². The van der Waals surface area contributed by atoms with E-state index >= 15 is 0 Å². The molecular weight excluding hydrogens is 216 g/mol. The average Bonchev–Trinajstić information content (AvgIpc) is 2.29. The minimum Gasteiger partial charge on any atom is -0.497 e. The molecule has 4 heteroatoms. The number of rotatable bonds is 4. The number of carbonyl (C=O) groups excluding carboxylic acids is 1. The van der Waals surface area contributed by atoms with Crippen LogP contribution in [0.2, 0.25) is 0 Å². The maximum atomic E-state index is 11.8. The zero-order valence-corrected chi connectivity index (χ0v) is 10.2. The molecule has 0 bridgehead atoms. The fraction of sp³-hybridized carbons (Fsp3) is 0.385. The van der Waals surface area contributed by atoms with Gasteiger partial charge in [-0.15, -0.1) is 0 Å². The Morgan fingerprint density at radius 2 is 2.18 bits per heavy atom. The van der Waals surface area contributed by atoms with Crippen LogP contribution in [0, 0.1) is 23.2 Å². The van der Waals surface area contributed by atoms with Crippen molar-refractivity contribution in [2.75, 3.05) is 12.4 Å². The zero-order valence-electron chi connectivity index (χ0n) is 10.2. The molecule has 4 nitrogen and oxygen atoms in total. The third kappa shape index (κ3) is 3.49. The van der Waals surface area contributed by atoms with Gasteiger partial charge in [-0.3, -0.25) is 4.79 Å². The molecule has 1 aromatic carbocycles. The molecule has 0 aliphatic rings. The van der Waals surface area contributed by atoms with Crippen molar-refractivity contribution in [3.8, 4) is 11.8 Å². The zero-order chi connectivity index (χ0) is 12.8. The highest BCUT2D eigenvalue weighted by atomic mass is 16.5. The molecule has 1 atom stereocenters. The monoisotopic (exact) mass is 232 g/mol. The van der Waals surface area contributed by atoms with Gasteiger partial charge in [0.05, 0.1) is 13.2 Å². The Balaban J connectivity index is 2.77. The summed E-state index contributed by atoms with van der Waals surface area (Å²) in [6, 6.07) is 9.06. The predicted molar refractivity (Wildman–Crippen MR) is 65.6 cm³/mol. The van der Waals surface area contributed by atoms with Gasteiger partial charge in [-0.2, -0.15) is 5.26 Å². The van der Waals surface area contributed by atoms with Gasteiger partial charge in [0.1, 0.15) is 11.7 Å². The molecule has 0 saturated heterocycles. The molecule has 0 aliphatic heterocycles. The second-order valence-corrected chi connectivity index (χ2v) is 4.07. The fourth-order valence-corrected chi connectivity index (χ4v) is 1.43. The summed E-state index contributed by atoms with van der Waals surface area (Å²) in [6.07, 6.45) is 0. The van der Waals surface area contributed by atoms with Gasteiger partial charge in [0.25, 0.3) is 0 Å². The van der Waals surface area contributed by atoms with E-state index < -0.39 is 5.92 Å². The summed E-state index contributed by atoms with van der Waals surface area (Å²) in [5.41, 5.74) is 0.634. The first-order valence-corrected chi connectivity index (χ1v) is 5.43. The van der Waals surface area contributed by atoms with E-state index in [1.54, 1.807) is 31.4 Å². The van der Waals surface area contributed by atoms with Crippen molar-refractivity contribution < 1.29 is 9.53 Å². The Kier molecular flexibility index (Phi) is 4.53. The van der Waals surface area contributed by atoms with Crippen LogP contribution in [0.1, 0.15) is 13.8 Å². The Bertz CT molecular complexity index is 435. The van der Waals surface area contributed by atoms with Crippen molar-refractivity contribution in [1.82, 2.24) is 0 Å². The van der Waals surface area contributed by atoms with Gasteiger partial charge in [0.2, 0.25) is 5.91 Å². The fourth-order valence-electron chi connectivity index (χ4n) is 1.43. The molecule has 0 saturated carbocycles. The molecule has 0 spiro atoms. The largest absolute Gasteiger partial charge is 0.497 e. The first-order valence-electron chi connectivity index (χ1n) is 5.43. The number of anilines is 1.